The number of anilines is 1. The molecule has 8 heteroatoms. The Bertz CT molecular complexity index is 858. The van der Waals surface area contributed by atoms with Crippen LogP contribution in [0.5, 0.6) is 0 Å². The maximum atomic E-state index is 12.6. The Kier molecular flexibility index (Phi) is 7.70. The van der Waals surface area contributed by atoms with Crippen molar-refractivity contribution in [3.63, 3.8) is 0 Å². The molecule has 1 fully saturated rings. The molecule has 2 aromatic rings. The summed E-state index contributed by atoms with van der Waals surface area (Å²) in [7, 11) is 0. The van der Waals surface area contributed by atoms with Crippen molar-refractivity contribution in [2.75, 3.05) is 36.8 Å². The average Bonchev–Trinajstić information content (AvgIpc) is 2.74. The Morgan fingerprint density at radius 1 is 1.07 bits per heavy atom. The van der Waals surface area contributed by atoms with Crippen LogP contribution in [0.1, 0.15) is 6.92 Å². The second-order valence-electron chi connectivity index (χ2n) is 6.64. The Balaban J connectivity index is 1.45. The van der Waals surface area contributed by atoms with Crippen LogP contribution in [-0.2, 0) is 14.3 Å². The van der Waals surface area contributed by atoms with Gasteiger partial charge < -0.3 is 14.5 Å². The van der Waals surface area contributed by atoms with Gasteiger partial charge in [0.05, 0.1) is 10.8 Å². The normalized spacial score (nSPS) is 15.1. The summed E-state index contributed by atoms with van der Waals surface area (Å²) in [5.74, 6) is -0.578. The van der Waals surface area contributed by atoms with Crippen molar-refractivity contribution in [2.24, 2.45) is 0 Å². The first-order valence-electron chi connectivity index (χ1n) is 9.30. The van der Waals surface area contributed by atoms with Gasteiger partial charge in [0.1, 0.15) is 0 Å². The number of hydrogen-bond acceptors (Lipinski definition) is 5. The fraction of sp³-hybridized carbons (Fsp3) is 0.333. The van der Waals surface area contributed by atoms with Crippen LogP contribution >= 0.6 is 35.0 Å². The fourth-order valence-corrected chi connectivity index (χ4v) is 4.36. The molecule has 1 unspecified atom stereocenters. The number of halogens is 2. The van der Waals surface area contributed by atoms with Gasteiger partial charge in [-0.15, -0.1) is 11.8 Å². The molecular weight excluding hydrogens is 431 g/mol. The van der Waals surface area contributed by atoms with E-state index in [0.29, 0.717) is 28.0 Å². The van der Waals surface area contributed by atoms with Gasteiger partial charge in [0, 0.05) is 41.8 Å². The minimum absolute atomic E-state index is 0.0550. The van der Waals surface area contributed by atoms with Gasteiger partial charge in [-0.3, -0.25) is 9.59 Å². The number of nitrogens with zero attached hydrogens (tertiary/aromatic N) is 2. The van der Waals surface area contributed by atoms with E-state index >= 15 is 0 Å². The summed E-state index contributed by atoms with van der Waals surface area (Å²) >= 11 is 13.3. The molecule has 2 aromatic carbocycles. The van der Waals surface area contributed by atoms with Crippen LogP contribution in [0, 0.1) is 0 Å². The molecule has 1 atom stereocenters. The number of ether oxygens (including phenoxy) is 1. The van der Waals surface area contributed by atoms with Crippen molar-refractivity contribution in [1.29, 1.82) is 0 Å². The number of benzene rings is 2. The van der Waals surface area contributed by atoms with E-state index in [9.17, 15) is 9.59 Å². The highest BCUT2D eigenvalue weighted by Crippen LogP contribution is 2.30. The number of para-hydroxylation sites is 1. The Hall–Kier alpha value is -1.89. The lowest BCUT2D eigenvalue weighted by atomic mass is 10.2. The Labute approximate surface area is 184 Å². The molecule has 3 rings (SSSR count). The van der Waals surface area contributed by atoms with Gasteiger partial charge in [0.2, 0.25) is 0 Å². The number of carbonyl (C=O) groups excluding carboxylic acids is 2. The zero-order valence-corrected chi connectivity index (χ0v) is 18.3. The number of hydrogen-bond donors (Lipinski definition) is 0. The molecular formula is C21H22Cl2N2O3S. The quantitative estimate of drug-likeness (QED) is 0.481. The number of esters is 1. The first-order chi connectivity index (χ1) is 13.9. The van der Waals surface area contributed by atoms with Crippen molar-refractivity contribution in [2.45, 2.75) is 17.9 Å². The monoisotopic (exact) mass is 452 g/mol. The van der Waals surface area contributed by atoms with Crippen LogP contribution < -0.4 is 4.90 Å². The van der Waals surface area contributed by atoms with Gasteiger partial charge in [-0.05, 0) is 37.3 Å². The zero-order valence-electron chi connectivity index (χ0n) is 16.0. The van der Waals surface area contributed by atoms with Crippen LogP contribution in [0.4, 0.5) is 5.69 Å². The van der Waals surface area contributed by atoms with Gasteiger partial charge in [-0.1, -0.05) is 41.4 Å². The van der Waals surface area contributed by atoms with Crippen LogP contribution in [0.3, 0.4) is 0 Å². The number of thioether (sulfide) groups is 1. The molecule has 1 heterocycles. The van der Waals surface area contributed by atoms with Gasteiger partial charge in [0.15, 0.2) is 6.10 Å². The first-order valence-corrected chi connectivity index (χ1v) is 11.0. The first kappa shape index (κ1) is 21.8. The molecule has 0 saturated carbocycles. The minimum atomic E-state index is -0.818. The Morgan fingerprint density at radius 2 is 1.76 bits per heavy atom. The van der Waals surface area contributed by atoms with Gasteiger partial charge in [0.25, 0.3) is 5.91 Å². The lowest BCUT2D eigenvalue weighted by Crippen LogP contribution is -2.51. The number of amides is 1. The van der Waals surface area contributed by atoms with E-state index in [-0.39, 0.29) is 11.7 Å². The van der Waals surface area contributed by atoms with Crippen molar-refractivity contribution < 1.29 is 14.3 Å². The second-order valence-corrected chi connectivity index (χ2v) is 8.50. The van der Waals surface area contributed by atoms with Crippen LogP contribution in [-0.4, -0.2) is 54.8 Å². The third kappa shape index (κ3) is 6.04. The van der Waals surface area contributed by atoms with Crippen molar-refractivity contribution in [3.8, 4) is 0 Å². The molecule has 0 bridgehead atoms. The largest absolute Gasteiger partial charge is 0.452 e. The summed E-state index contributed by atoms with van der Waals surface area (Å²) in [5.41, 5.74) is 1.15. The highest BCUT2D eigenvalue weighted by atomic mass is 35.5. The van der Waals surface area contributed by atoms with Crippen molar-refractivity contribution in [3.05, 3.63) is 58.6 Å². The van der Waals surface area contributed by atoms with Crippen molar-refractivity contribution in [1.82, 2.24) is 4.90 Å². The summed E-state index contributed by atoms with van der Waals surface area (Å²) in [6.45, 7) is 4.31. The maximum absolute atomic E-state index is 12.6. The van der Waals surface area contributed by atoms with E-state index in [0.717, 1.165) is 18.8 Å². The topological polar surface area (TPSA) is 49.9 Å². The van der Waals surface area contributed by atoms with Gasteiger partial charge >= 0.3 is 5.97 Å². The third-order valence-electron chi connectivity index (χ3n) is 4.61. The van der Waals surface area contributed by atoms with Gasteiger partial charge in [-0.25, -0.2) is 0 Å². The summed E-state index contributed by atoms with van der Waals surface area (Å²) in [4.78, 5) is 29.5. The van der Waals surface area contributed by atoms with Crippen LogP contribution in [0.2, 0.25) is 10.0 Å². The molecule has 0 aliphatic carbocycles. The summed E-state index contributed by atoms with van der Waals surface area (Å²) in [6, 6.07) is 15.2. The molecule has 154 valence electrons. The summed E-state index contributed by atoms with van der Waals surface area (Å²) in [6.07, 6.45) is -0.818. The van der Waals surface area contributed by atoms with E-state index in [1.165, 1.54) is 11.8 Å². The number of rotatable bonds is 6. The zero-order chi connectivity index (χ0) is 20.8. The molecule has 0 radical (unpaired) electrons. The molecule has 29 heavy (non-hydrogen) atoms. The van der Waals surface area contributed by atoms with Crippen molar-refractivity contribution >= 4 is 52.5 Å². The van der Waals surface area contributed by atoms with E-state index < -0.39 is 12.1 Å². The molecule has 1 amide bonds. The second kappa shape index (κ2) is 10.2. The molecule has 0 aromatic heterocycles. The summed E-state index contributed by atoms with van der Waals surface area (Å²) < 4.78 is 5.33. The van der Waals surface area contributed by atoms with E-state index in [4.69, 9.17) is 27.9 Å². The molecule has 0 spiro atoms. The SMILES string of the molecule is CC(OC(=O)CSc1cc(Cl)ccc1Cl)C(=O)N1CCN(c2ccccc2)CC1. The lowest BCUT2D eigenvalue weighted by Gasteiger charge is -2.37. The molecule has 1 saturated heterocycles. The summed E-state index contributed by atoms with van der Waals surface area (Å²) in [5, 5.41) is 1.07. The average molecular weight is 453 g/mol. The predicted octanol–water partition coefficient (Wildman–Crippen LogP) is 4.37. The molecule has 0 N–H and O–H groups in total. The van der Waals surface area contributed by atoms with Crippen LogP contribution in [0.15, 0.2) is 53.4 Å². The standard InChI is InChI=1S/C21H22Cl2N2O3S/c1-15(28-20(26)14-29-19-13-16(22)7-8-18(19)23)21(27)25-11-9-24(10-12-25)17-5-3-2-4-6-17/h2-8,13,15H,9-12,14H2,1H3. The maximum Gasteiger partial charge on any atom is 0.317 e. The Morgan fingerprint density at radius 3 is 2.45 bits per heavy atom. The smallest absolute Gasteiger partial charge is 0.317 e. The van der Waals surface area contributed by atoms with Crippen LogP contribution in [0.25, 0.3) is 0 Å². The van der Waals surface area contributed by atoms with Gasteiger partial charge in [-0.2, -0.15) is 0 Å². The number of piperazine rings is 1. The molecule has 5 nitrogen and oxygen atoms in total. The fourth-order valence-electron chi connectivity index (χ4n) is 3.09. The van der Waals surface area contributed by atoms with E-state index in [1.54, 1.807) is 30.0 Å². The van der Waals surface area contributed by atoms with E-state index in [1.807, 2.05) is 18.2 Å². The highest BCUT2D eigenvalue weighted by Gasteiger charge is 2.27. The van der Waals surface area contributed by atoms with E-state index in [2.05, 4.69) is 17.0 Å². The molecule has 1 aliphatic rings. The highest BCUT2D eigenvalue weighted by molar-refractivity contribution is 8.00. The molecule has 1 aliphatic heterocycles. The minimum Gasteiger partial charge on any atom is -0.452 e. The third-order valence-corrected chi connectivity index (χ3v) is 6.31. The lowest BCUT2D eigenvalue weighted by molar-refractivity contribution is -0.157. The number of carbonyl (C=O) groups is 2. The predicted molar refractivity (Wildman–Crippen MR) is 118 cm³/mol.